The lowest BCUT2D eigenvalue weighted by atomic mass is 10.0. The van der Waals surface area contributed by atoms with Crippen LogP contribution in [0.25, 0.3) is 5.57 Å². The number of hydrogen-bond acceptors (Lipinski definition) is 7. The number of imide groups is 1. The summed E-state index contributed by atoms with van der Waals surface area (Å²) in [6.45, 7) is 2.13. The van der Waals surface area contributed by atoms with Crippen molar-refractivity contribution in [2.75, 3.05) is 26.1 Å². The van der Waals surface area contributed by atoms with Crippen LogP contribution < -0.4 is 14.8 Å². The number of methoxy groups -OCH3 is 2. The highest BCUT2D eigenvalue weighted by atomic mass is 16.6. The molecule has 2 aromatic carbocycles. The molecule has 0 saturated carbocycles. The monoisotopic (exact) mass is 411 g/mol. The van der Waals surface area contributed by atoms with E-state index < -0.39 is 16.7 Å². The summed E-state index contributed by atoms with van der Waals surface area (Å²) in [6, 6.07) is 10.5. The number of carbonyl (C=O) groups is 2. The van der Waals surface area contributed by atoms with Gasteiger partial charge in [-0.3, -0.25) is 24.6 Å². The molecule has 30 heavy (non-hydrogen) atoms. The molecule has 2 aromatic rings. The van der Waals surface area contributed by atoms with Crippen molar-refractivity contribution >= 4 is 28.8 Å². The number of amides is 2. The van der Waals surface area contributed by atoms with E-state index in [1.165, 1.54) is 38.5 Å². The first-order valence-electron chi connectivity index (χ1n) is 9.25. The van der Waals surface area contributed by atoms with Crippen LogP contribution in [0.2, 0.25) is 0 Å². The Labute approximate surface area is 173 Å². The zero-order valence-corrected chi connectivity index (χ0v) is 16.8. The summed E-state index contributed by atoms with van der Waals surface area (Å²) < 4.78 is 10.6. The highest BCUT2D eigenvalue weighted by Crippen LogP contribution is 2.35. The van der Waals surface area contributed by atoms with E-state index in [4.69, 9.17) is 9.47 Å². The average molecular weight is 411 g/mol. The number of carbonyl (C=O) groups excluding carboxylic acids is 2. The van der Waals surface area contributed by atoms with Crippen LogP contribution in [0, 0.1) is 10.1 Å². The summed E-state index contributed by atoms with van der Waals surface area (Å²) in [5, 5.41) is 14.0. The Balaban J connectivity index is 2.09. The Morgan fingerprint density at radius 2 is 1.73 bits per heavy atom. The van der Waals surface area contributed by atoms with Crippen LogP contribution in [0.3, 0.4) is 0 Å². The summed E-state index contributed by atoms with van der Waals surface area (Å²) in [6.07, 6.45) is 0.601. The molecule has 1 heterocycles. The molecule has 9 heteroatoms. The van der Waals surface area contributed by atoms with Crippen molar-refractivity contribution in [1.82, 2.24) is 4.90 Å². The van der Waals surface area contributed by atoms with Crippen molar-refractivity contribution in [1.29, 1.82) is 0 Å². The second-order valence-electron chi connectivity index (χ2n) is 6.51. The van der Waals surface area contributed by atoms with Crippen LogP contribution in [0.1, 0.15) is 18.9 Å². The van der Waals surface area contributed by atoms with E-state index in [9.17, 15) is 19.7 Å². The predicted octanol–water partition coefficient (Wildman–Crippen LogP) is 3.21. The fourth-order valence-electron chi connectivity index (χ4n) is 3.17. The molecule has 0 aliphatic carbocycles. The number of non-ortho nitro benzene ring substituents is 1. The molecule has 1 aliphatic rings. The first-order valence-corrected chi connectivity index (χ1v) is 9.25. The molecule has 9 nitrogen and oxygen atoms in total. The number of nitrogens with zero attached hydrogens (tertiary/aromatic N) is 2. The van der Waals surface area contributed by atoms with Crippen molar-refractivity contribution in [2.24, 2.45) is 0 Å². The molecular weight excluding hydrogens is 390 g/mol. The molecule has 0 bridgehead atoms. The molecule has 0 unspecified atom stereocenters. The molecule has 1 aliphatic heterocycles. The van der Waals surface area contributed by atoms with Crippen molar-refractivity contribution in [3.63, 3.8) is 0 Å². The fourth-order valence-corrected chi connectivity index (χ4v) is 3.17. The zero-order valence-electron chi connectivity index (χ0n) is 16.8. The number of nitro benzene ring substituents is 1. The topological polar surface area (TPSA) is 111 Å². The molecule has 0 radical (unpaired) electrons. The van der Waals surface area contributed by atoms with Crippen LogP contribution in [-0.2, 0) is 9.59 Å². The Morgan fingerprint density at radius 3 is 2.30 bits per heavy atom. The lowest BCUT2D eigenvalue weighted by Crippen LogP contribution is -2.33. The number of hydrogen-bond donors (Lipinski definition) is 1. The molecule has 1 N–H and O–H groups in total. The van der Waals surface area contributed by atoms with Gasteiger partial charge in [-0.1, -0.05) is 6.92 Å². The third kappa shape index (κ3) is 3.82. The minimum Gasteiger partial charge on any atom is -0.497 e. The molecular formula is C21H21N3O6. The lowest BCUT2D eigenvalue weighted by molar-refractivity contribution is -0.384. The van der Waals surface area contributed by atoms with Gasteiger partial charge in [0.05, 0.1) is 30.4 Å². The van der Waals surface area contributed by atoms with Crippen LogP contribution >= 0.6 is 0 Å². The Morgan fingerprint density at radius 1 is 1.03 bits per heavy atom. The second kappa shape index (κ2) is 8.64. The maximum absolute atomic E-state index is 13.0. The van der Waals surface area contributed by atoms with Gasteiger partial charge < -0.3 is 14.8 Å². The van der Waals surface area contributed by atoms with E-state index in [-0.39, 0.29) is 23.5 Å². The van der Waals surface area contributed by atoms with Gasteiger partial charge in [0, 0.05) is 24.7 Å². The molecule has 2 amide bonds. The van der Waals surface area contributed by atoms with Gasteiger partial charge in [0.1, 0.15) is 17.2 Å². The number of anilines is 1. The Bertz CT molecular complexity index is 1030. The summed E-state index contributed by atoms with van der Waals surface area (Å²) in [4.78, 5) is 37.6. The number of ether oxygens (including phenoxy) is 2. The maximum atomic E-state index is 13.0. The van der Waals surface area contributed by atoms with E-state index in [1.807, 2.05) is 6.92 Å². The van der Waals surface area contributed by atoms with Gasteiger partial charge in [-0.25, -0.2) is 0 Å². The summed E-state index contributed by atoms with van der Waals surface area (Å²) >= 11 is 0. The highest BCUT2D eigenvalue weighted by molar-refractivity contribution is 6.36. The van der Waals surface area contributed by atoms with Crippen molar-refractivity contribution in [3.05, 3.63) is 63.8 Å². The molecule has 0 saturated heterocycles. The maximum Gasteiger partial charge on any atom is 0.278 e. The quantitative estimate of drug-likeness (QED) is 0.403. The Hall–Kier alpha value is -3.88. The fraction of sp³-hybridized carbons (Fsp3) is 0.238. The average Bonchev–Trinajstić information content (AvgIpc) is 2.98. The van der Waals surface area contributed by atoms with E-state index in [0.29, 0.717) is 29.2 Å². The molecule has 0 fully saturated rings. The van der Waals surface area contributed by atoms with E-state index in [2.05, 4.69) is 5.32 Å². The summed E-state index contributed by atoms with van der Waals surface area (Å²) in [7, 11) is 3.01. The number of benzene rings is 2. The third-order valence-corrected chi connectivity index (χ3v) is 4.65. The van der Waals surface area contributed by atoms with Crippen LogP contribution in [-0.4, -0.2) is 42.4 Å². The van der Waals surface area contributed by atoms with E-state index in [0.717, 1.165) is 4.90 Å². The first kappa shape index (κ1) is 20.8. The summed E-state index contributed by atoms with van der Waals surface area (Å²) in [5.74, 6) is 0.0845. The van der Waals surface area contributed by atoms with Gasteiger partial charge in [-0.15, -0.1) is 0 Å². The second-order valence-corrected chi connectivity index (χ2v) is 6.51. The smallest absolute Gasteiger partial charge is 0.278 e. The normalized spacial score (nSPS) is 13.6. The first-order chi connectivity index (χ1) is 14.4. The van der Waals surface area contributed by atoms with Crippen LogP contribution in [0.5, 0.6) is 11.5 Å². The van der Waals surface area contributed by atoms with E-state index >= 15 is 0 Å². The standard InChI is InChI=1S/C21H21N3O6/c1-4-11-23-20(25)18(13-5-7-14(8-6-13)24(27)28)19(21(23)26)22-16-10-9-15(29-2)12-17(16)30-3/h5-10,12,22H,4,11H2,1-3H3. The molecule has 0 atom stereocenters. The van der Waals surface area contributed by atoms with Crippen LogP contribution in [0.4, 0.5) is 11.4 Å². The van der Waals surface area contributed by atoms with Crippen molar-refractivity contribution in [3.8, 4) is 11.5 Å². The lowest BCUT2D eigenvalue weighted by Gasteiger charge is -2.15. The van der Waals surface area contributed by atoms with E-state index in [1.54, 1.807) is 18.2 Å². The van der Waals surface area contributed by atoms with Gasteiger partial charge >= 0.3 is 0 Å². The minimum atomic E-state index is -0.523. The van der Waals surface area contributed by atoms with Gasteiger partial charge in [0.25, 0.3) is 17.5 Å². The minimum absolute atomic E-state index is 0.0887. The largest absolute Gasteiger partial charge is 0.497 e. The predicted molar refractivity (Wildman–Crippen MR) is 110 cm³/mol. The van der Waals surface area contributed by atoms with Gasteiger partial charge in [-0.05, 0) is 36.2 Å². The van der Waals surface area contributed by atoms with Crippen molar-refractivity contribution in [2.45, 2.75) is 13.3 Å². The zero-order chi connectivity index (χ0) is 21.8. The van der Waals surface area contributed by atoms with Gasteiger partial charge in [-0.2, -0.15) is 0 Å². The van der Waals surface area contributed by atoms with Crippen molar-refractivity contribution < 1.29 is 24.0 Å². The third-order valence-electron chi connectivity index (χ3n) is 4.65. The van der Waals surface area contributed by atoms with Crippen LogP contribution in [0.15, 0.2) is 48.2 Å². The Kier molecular flexibility index (Phi) is 6.01. The molecule has 3 rings (SSSR count). The molecule has 0 spiro atoms. The molecule has 0 aromatic heterocycles. The number of nitrogens with one attached hydrogen (secondary N) is 1. The molecule has 156 valence electrons. The highest BCUT2D eigenvalue weighted by Gasteiger charge is 2.39. The van der Waals surface area contributed by atoms with Gasteiger partial charge in [0.2, 0.25) is 0 Å². The number of rotatable bonds is 8. The number of nitro groups is 1. The summed E-state index contributed by atoms with van der Waals surface area (Å²) in [5.41, 5.74) is 1.03. The SMILES string of the molecule is CCCN1C(=O)C(Nc2ccc(OC)cc2OC)=C(c2ccc([N+](=O)[O-])cc2)C1=O. The van der Waals surface area contributed by atoms with Gasteiger partial charge in [0.15, 0.2) is 0 Å².